The van der Waals surface area contributed by atoms with Crippen LogP contribution in [-0.2, 0) is 5.41 Å². The van der Waals surface area contributed by atoms with Crippen molar-refractivity contribution in [3.63, 3.8) is 0 Å². The average molecular weight is 351 g/mol. The van der Waals surface area contributed by atoms with Crippen molar-refractivity contribution in [2.24, 2.45) is 0 Å². The van der Waals surface area contributed by atoms with Gasteiger partial charge in [-0.1, -0.05) is 122 Å². The molecule has 0 saturated heterocycles. The van der Waals surface area contributed by atoms with E-state index >= 15 is 0 Å². The Morgan fingerprint density at radius 3 is 2.07 bits per heavy atom. The average Bonchev–Trinajstić information content (AvgIpc) is 2.79. The predicted octanol–water partition coefficient (Wildman–Crippen LogP) is 7.10. The minimum Gasteiger partial charge on any atom is -0.0942 e. The van der Waals surface area contributed by atoms with Crippen LogP contribution in [0.4, 0.5) is 0 Å². The second-order valence-corrected chi connectivity index (χ2v) is 6.57. The summed E-state index contributed by atoms with van der Waals surface area (Å²) in [5, 5.41) is 0. The van der Waals surface area contributed by atoms with Gasteiger partial charge in [0, 0.05) is 0 Å². The predicted molar refractivity (Wildman–Crippen MR) is 118 cm³/mol. The lowest BCUT2D eigenvalue weighted by Gasteiger charge is -2.38. The molecule has 0 nitrogen and oxygen atoms in total. The van der Waals surface area contributed by atoms with E-state index < -0.39 is 5.41 Å². The SMILES string of the molecule is C=C1/C=C\C=C/C/C=C(/C=C\C=C/C)C1(c1ccccc1)c1ccccc1. The van der Waals surface area contributed by atoms with Gasteiger partial charge in [0.1, 0.15) is 0 Å². The van der Waals surface area contributed by atoms with E-state index in [1.54, 1.807) is 0 Å². The molecule has 1 aliphatic carbocycles. The summed E-state index contributed by atoms with van der Waals surface area (Å²) in [6, 6.07) is 21.4. The van der Waals surface area contributed by atoms with Gasteiger partial charge in [0.05, 0.1) is 5.41 Å². The van der Waals surface area contributed by atoms with E-state index in [1.807, 2.05) is 13.0 Å². The zero-order valence-electron chi connectivity index (χ0n) is 15.9. The van der Waals surface area contributed by atoms with Gasteiger partial charge in [0.15, 0.2) is 0 Å². The number of allylic oxidation sites excluding steroid dienone is 11. The van der Waals surface area contributed by atoms with Gasteiger partial charge in [0.25, 0.3) is 0 Å². The maximum atomic E-state index is 4.53. The molecule has 134 valence electrons. The zero-order valence-corrected chi connectivity index (χ0v) is 15.9. The van der Waals surface area contributed by atoms with Crippen LogP contribution in [-0.4, -0.2) is 0 Å². The van der Waals surface area contributed by atoms with E-state index in [1.165, 1.54) is 16.7 Å². The maximum Gasteiger partial charge on any atom is 0.0692 e. The van der Waals surface area contributed by atoms with Crippen LogP contribution in [0.25, 0.3) is 0 Å². The highest BCUT2D eigenvalue weighted by atomic mass is 14.4. The van der Waals surface area contributed by atoms with Crippen LogP contribution in [0.3, 0.4) is 0 Å². The van der Waals surface area contributed by atoms with E-state index in [2.05, 4.69) is 116 Å². The molecule has 0 heteroatoms. The van der Waals surface area contributed by atoms with Crippen LogP contribution >= 0.6 is 0 Å². The number of hydrogen-bond acceptors (Lipinski definition) is 0. The molecule has 0 radical (unpaired) electrons. The molecule has 2 aromatic carbocycles. The van der Waals surface area contributed by atoms with Gasteiger partial charge in [-0.05, 0) is 35.6 Å². The fraction of sp³-hybridized carbons (Fsp3) is 0.111. The smallest absolute Gasteiger partial charge is 0.0692 e. The van der Waals surface area contributed by atoms with E-state index in [-0.39, 0.29) is 0 Å². The highest BCUT2D eigenvalue weighted by molar-refractivity contribution is 5.62. The van der Waals surface area contributed by atoms with Crippen LogP contribution in [0.1, 0.15) is 24.5 Å². The summed E-state index contributed by atoms with van der Waals surface area (Å²) in [5.41, 5.74) is 4.32. The third-order valence-corrected chi connectivity index (χ3v) is 4.93. The zero-order chi connectivity index (χ0) is 19.0. The fourth-order valence-electron chi connectivity index (χ4n) is 3.70. The highest BCUT2D eigenvalue weighted by Crippen LogP contribution is 2.46. The lowest BCUT2D eigenvalue weighted by molar-refractivity contribution is 0.742. The van der Waals surface area contributed by atoms with E-state index in [0.29, 0.717) is 0 Å². The molecule has 3 rings (SSSR count). The number of benzene rings is 2. The molecule has 0 aliphatic heterocycles. The monoisotopic (exact) mass is 350 g/mol. The summed E-state index contributed by atoms with van der Waals surface area (Å²) in [6.07, 6.45) is 20.2. The number of hydrogen-bond donors (Lipinski definition) is 0. The van der Waals surface area contributed by atoms with Crippen LogP contribution in [0.2, 0.25) is 0 Å². The Kier molecular flexibility index (Phi) is 6.22. The van der Waals surface area contributed by atoms with Crippen LogP contribution in [0.15, 0.2) is 133 Å². The van der Waals surface area contributed by atoms with Gasteiger partial charge in [-0.3, -0.25) is 0 Å². The molecule has 0 amide bonds. The molecule has 0 bridgehead atoms. The summed E-state index contributed by atoms with van der Waals surface area (Å²) in [7, 11) is 0. The molecule has 2 aromatic rings. The van der Waals surface area contributed by atoms with Crippen LogP contribution in [0, 0.1) is 0 Å². The second-order valence-electron chi connectivity index (χ2n) is 6.57. The van der Waals surface area contributed by atoms with Gasteiger partial charge in [0.2, 0.25) is 0 Å². The summed E-state index contributed by atoms with van der Waals surface area (Å²) in [6.45, 7) is 6.56. The summed E-state index contributed by atoms with van der Waals surface area (Å²) in [5.74, 6) is 0. The van der Waals surface area contributed by atoms with Gasteiger partial charge < -0.3 is 0 Å². The quantitative estimate of drug-likeness (QED) is 0.516. The first kappa shape index (κ1) is 18.7. The Morgan fingerprint density at radius 2 is 1.48 bits per heavy atom. The third kappa shape index (κ3) is 3.85. The van der Waals surface area contributed by atoms with Crippen molar-refractivity contribution in [2.45, 2.75) is 18.8 Å². The van der Waals surface area contributed by atoms with Crippen molar-refractivity contribution in [2.75, 3.05) is 0 Å². The van der Waals surface area contributed by atoms with Crippen molar-refractivity contribution in [1.82, 2.24) is 0 Å². The molecular weight excluding hydrogens is 324 g/mol. The molecule has 27 heavy (non-hydrogen) atoms. The van der Waals surface area contributed by atoms with E-state index in [0.717, 1.165) is 12.0 Å². The Bertz CT molecular complexity index is 864. The summed E-state index contributed by atoms with van der Waals surface area (Å²) in [4.78, 5) is 0. The second kappa shape index (κ2) is 9.00. The van der Waals surface area contributed by atoms with E-state index in [4.69, 9.17) is 0 Å². The standard InChI is InChI=1S/C27H26/c1-3-4-9-17-24-18-11-6-5-10-16-23(2)27(24,25-19-12-7-13-20-25)26-21-14-8-15-22-26/h3-10,12-22H,2,11H2,1H3/b4-3-,6-5-,16-10-,17-9-,24-18-. The molecule has 0 unspecified atom stereocenters. The third-order valence-electron chi connectivity index (χ3n) is 4.93. The Morgan fingerprint density at radius 1 is 0.852 bits per heavy atom. The lowest BCUT2D eigenvalue weighted by Crippen LogP contribution is -2.31. The van der Waals surface area contributed by atoms with E-state index in [9.17, 15) is 0 Å². The first-order chi connectivity index (χ1) is 13.3. The Labute approximate surface area is 163 Å². The molecule has 0 atom stereocenters. The van der Waals surface area contributed by atoms with Gasteiger partial charge in [-0.25, -0.2) is 0 Å². The first-order valence-corrected chi connectivity index (χ1v) is 9.43. The number of rotatable bonds is 4. The van der Waals surface area contributed by atoms with Gasteiger partial charge >= 0.3 is 0 Å². The van der Waals surface area contributed by atoms with Crippen molar-refractivity contribution < 1.29 is 0 Å². The fourth-order valence-corrected chi connectivity index (χ4v) is 3.70. The molecule has 1 aliphatic rings. The van der Waals surface area contributed by atoms with Gasteiger partial charge in [-0.15, -0.1) is 0 Å². The largest absolute Gasteiger partial charge is 0.0942 e. The molecule has 0 N–H and O–H groups in total. The van der Waals surface area contributed by atoms with Crippen LogP contribution in [0.5, 0.6) is 0 Å². The van der Waals surface area contributed by atoms with Crippen molar-refractivity contribution in [1.29, 1.82) is 0 Å². The summed E-state index contributed by atoms with van der Waals surface area (Å²) >= 11 is 0. The normalized spacial score (nSPS) is 21.2. The molecular formula is C27H26. The van der Waals surface area contributed by atoms with Crippen LogP contribution < -0.4 is 0 Å². The minimum absolute atomic E-state index is 0.427. The Balaban J connectivity index is 2.36. The molecule has 0 aromatic heterocycles. The maximum absolute atomic E-state index is 4.53. The van der Waals surface area contributed by atoms with Crippen molar-refractivity contribution >= 4 is 0 Å². The molecule has 0 saturated carbocycles. The lowest BCUT2D eigenvalue weighted by atomic mass is 9.64. The molecule has 0 fully saturated rings. The topological polar surface area (TPSA) is 0 Å². The first-order valence-electron chi connectivity index (χ1n) is 9.43. The van der Waals surface area contributed by atoms with Crippen molar-refractivity contribution in [3.8, 4) is 0 Å². The Hall–Kier alpha value is -3.12. The molecule has 0 heterocycles. The minimum atomic E-state index is -0.427. The van der Waals surface area contributed by atoms with Crippen molar-refractivity contribution in [3.05, 3.63) is 144 Å². The highest BCUT2D eigenvalue weighted by Gasteiger charge is 2.38. The van der Waals surface area contributed by atoms with Gasteiger partial charge in [-0.2, -0.15) is 0 Å². The summed E-state index contributed by atoms with van der Waals surface area (Å²) < 4.78 is 0. The molecule has 0 spiro atoms.